The van der Waals surface area contributed by atoms with Crippen LogP contribution < -0.4 is 5.56 Å². The maximum Gasteiger partial charge on any atom is 0.289 e. The van der Waals surface area contributed by atoms with Crippen molar-refractivity contribution in [2.45, 2.75) is 26.7 Å². The van der Waals surface area contributed by atoms with Gasteiger partial charge in [0.15, 0.2) is 5.65 Å². The highest BCUT2D eigenvalue weighted by molar-refractivity contribution is 5.47. The van der Waals surface area contributed by atoms with E-state index >= 15 is 0 Å². The maximum absolute atomic E-state index is 11.9. The Balaban J connectivity index is 2.85. The van der Waals surface area contributed by atoms with E-state index in [0.717, 1.165) is 5.82 Å². The molecular formula is C11H12N4O. The number of H-pyrrole nitrogens is 1. The summed E-state index contributed by atoms with van der Waals surface area (Å²) in [6, 6.07) is 3.65. The van der Waals surface area contributed by atoms with Crippen molar-refractivity contribution in [3.63, 3.8) is 0 Å². The van der Waals surface area contributed by atoms with Crippen LogP contribution in [-0.2, 0) is 0 Å². The molecule has 0 amide bonds. The molecule has 0 bridgehead atoms. The van der Waals surface area contributed by atoms with Crippen molar-refractivity contribution in [2.24, 2.45) is 0 Å². The number of nitrogens with zero attached hydrogens (tertiary/aromatic N) is 3. The number of aromatic amines is 1. The van der Waals surface area contributed by atoms with Gasteiger partial charge in [-0.05, 0) is 18.6 Å². The standard InChI is InChI=1S/C11H12N4O/c1-6(2)10-13-9-4-7(3)8(5-12)11(16)15(9)14-10/h4,6H,1-3H3,(H,13,14). The second-order valence-electron chi connectivity index (χ2n) is 4.08. The number of hydrogen-bond donors (Lipinski definition) is 1. The van der Waals surface area contributed by atoms with E-state index in [1.807, 2.05) is 19.9 Å². The van der Waals surface area contributed by atoms with E-state index < -0.39 is 0 Å². The van der Waals surface area contributed by atoms with Gasteiger partial charge in [0.1, 0.15) is 17.5 Å². The largest absolute Gasteiger partial charge is 0.289 e. The first-order chi connectivity index (χ1) is 7.54. The van der Waals surface area contributed by atoms with E-state index in [-0.39, 0.29) is 17.0 Å². The lowest BCUT2D eigenvalue weighted by molar-refractivity contribution is 0.758. The fraction of sp³-hybridized carbons (Fsp3) is 0.364. The van der Waals surface area contributed by atoms with Gasteiger partial charge in [-0.1, -0.05) is 13.8 Å². The minimum Gasteiger partial charge on any atom is -0.276 e. The summed E-state index contributed by atoms with van der Waals surface area (Å²) in [7, 11) is 0. The van der Waals surface area contributed by atoms with E-state index in [0.29, 0.717) is 11.2 Å². The van der Waals surface area contributed by atoms with Gasteiger partial charge in [-0.2, -0.15) is 9.78 Å². The second kappa shape index (κ2) is 3.49. The second-order valence-corrected chi connectivity index (χ2v) is 4.08. The molecule has 0 aliphatic heterocycles. The van der Waals surface area contributed by atoms with Gasteiger partial charge in [-0.3, -0.25) is 9.89 Å². The third-order valence-electron chi connectivity index (χ3n) is 2.51. The Hall–Kier alpha value is -2.09. The van der Waals surface area contributed by atoms with Gasteiger partial charge in [0.25, 0.3) is 5.56 Å². The highest BCUT2D eigenvalue weighted by Crippen LogP contribution is 2.11. The van der Waals surface area contributed by atoms with E-state index in [2.05, 4.69) is 10.1 Å². The molecule has 0 unspecified atom stereocenters. The maximum atomic E-state index is 11.9. The first kappa shape index (κ1) is 10.4. The number of aromatic nitrogens is 3. The fourth-order valence-corrected chi connectivity index (χ4v) is 1.56. The molecule has 0 saturated heterocycles. The first-order valence-corrected chi connectivity index (χ1v) is 5.07. The minimum atomic E-state index is -0.336. The molecule has 0 saturated carbocycles. The van der Waals surface area contributed by atoms with Crippen molar-refractivity contribution in [3.05, 3.63) is 33.4 Å². The molecule has 2 aromatic heterocycles. The molecule has 16 heavy (non-hydrogen) atoms. The lowest BCUT2D eigenvalue weighted by Gasteiger charge is -1.96. The quantitative estimate of drug-likeness (QED) is 0.781. The highest BCUT2D eigenvalue weighted by atomic mass is 16.1. The zero-order valence-electron chi connectivity index (χ0n) is 9.40. The molecular weight excluding hydrogens is 204 g/mol. The Kier molecular flexibility index (Phi) is 2.27. The lowest BCUT2D eigenvalue weighted by Crippen LogP contribution is -2.18. The molecule has 5 nitrogen and oxygen atoms in total. The van der Waals surface area contributed by atoms with Gasteiger partial charge in [0, 0.05) is 5.92 Å². The molecule has 2 heterocycles. The summed E-state index contributed by atoms with van der Waals surface area (Å²) in [4.78, 5) is 16.2. The summed E-state index contributed by atoms with van der Waals surface area (Å²) < 4.78 is 1.32. The molecule has 2 rings (SSSR count). The van der Waals surface area contributed by atoms with Crippen molar-refractivity contribution in [3.8, 4) is 6.07 Å². The van der Waals surface area contributed by atoms with Gasteiger partial charge in [-0.15, -0.1) is 0 Å². The van der Waals surface area contributed by atoms with E-state index in [1.165, 1.54) is 4.52 Å². The molecule has 0 aromatic carbocycles. The van der Waals surface area contributed by atoms with E-state index in [4.69, 9.17) is 5.26 Å². The number of hydrogen-bond acceptors (Lipinski definition) is 3. The molecule has 0 aliphatic carbocycles. The van der Waals surface area contributed by atoms with Crippen LogP contribution in [0.1, 0.15) is 36.7 Å². The SMILES string of the molecule is Cc1cc2nc(C(C)C)[nH]n2c(=O)c1C#N. The summed E-state index contributed by atoms with van der Waals surface area (Å²) in [5.41, 5.74) is 1.05. The first-order valence-electron chi connectivity index (χ1n) is 5.07. The third-order valence-corrected chi connectivity index (χ3v) is 2.51. The number of nitriles is 1. The average molecular weight is 216 g/mol. The van der Waals surface area contributed by atoms with Crippen LogP contribution in [-0.4, -0.2) is 14.6 Å². The number of pyridine rings is 1. The zero-order chi connectivity index (χ0) is 11.9. The van der Waals surface area contributed by atoms with Crippen LogP contribution in [0.25, 0.3) is 5.65 Å². The number of nitrogens with one attached hydrogen (secondary N) is 1. The van der Waals surface area contributed by atoms with Crippen LogP contribution in [0.2, 0.25) is 0 Å². The molecule has 2 aromatic rings. The van der Waals surface area contributed by atoms with Crippen molar-refractivity contribution >= 4 is 5.65 Å². The van der Waals surface area contributed by atoms with Crippen LogP contribution in [0, 0.1) is 18.3 Å². The predicted octanol–water partition coefficient (Wildman–Crippen LogP) is 1.33. The summed E-state index contributed by atoms with van der Waals surface area (Å²) in [5.74, 6) is 0.955. The third kappa shape index (κ3) is 1.39. The summed E-state index contributed by atoms with van der Waals surface area (Å²) >= 11 is 0. The Morgan fingerprint density at radius 3 is 2.81 bits per heavy atom. The fourth-order valence-electron chi connectivity index (χ4n) is 1.56. The molecule has 0 radical (unpaired) electrons. The van der Waals surface area contributed by atoms with Gasteiger partial charge in [0.05, 0.1) is 0 Å². The Morgan fingerprint density at radius 2 is 2.25 bits per heavy atom. The average Bonchev–Trinajstić information content (AvgIpc) is 2.62. The molecule has 1 N–H and O–H groups in total. The molecule has 0 fully saturated rings. The monoisotopic (exact) mass is 216 g/mol. The van der Waals surface area contributed by atoms with Gasteiger partial charge < -0.3 is 0 Å². The molecule has 0 atom stereocenters. The number of fused-ring (bicyclic) bond motifs is 1. The van der Waals surface area contributed by atoms with Crippen LogP contribution in [0.3, 0.4) is 0 Å². The van der Waals surface area contributed by atoms with Crippen LogP contribution >= 0.6 is 0 Å². The normalized spacial score (nSPS) is 10.9. The topological polar surface area (TPSA) is 74.0 Å². The van der Waals surface area contributed by atoms with Crippen LogP contribution in [0.15, 0.2) is 10.9 Å². The van der Waals surface area contributed by atoms with Crippen molar-refractivity contribution in [2.75, 3.05) is 0 Å². The number of rotatable bonds is 1. The van der Waals surface area contributed by atoms with Gasteiger partial charge in [0.2, 0.25) is 0 Å². The summed E-state index contributed by atoms with van der Waals surface area (Å²) in [6.07, 6.45) is 0. The Labute approximate surface area is 92.3 Å². The Bertz CT molecular complexity index is 642. The molecule has 5 heteroatoms. The zero-order valence-corrected chi connectivity index (χ0v) is 9.40. The van der Waals surface area contributed by atoms with Crippen LogP contribution in [0.4, 0.5) is 0 Å². The van der Waals surface area contributed by atoms with E-state index in [1.54, 1.807) is 13.0 Å². The highest BCUT2D eigenvalue weighted by Gasteiger charge is 2.12. The van der Waals surface area contributed by atoms with Gasteiger partial charge in [-0.25, -0.2) is 4.98 Å². The van der Waals surface area contributed by atoms with Crippen molar-refractivity contribution in [1.82, 2.24) is 14.6 Å². The molecule has 82 valence electrons. The minimum absolute atomic E-state index is 0.163. The van der Waals surface area contributed by atoms with Crippen LogP contribution in [0.5, 0.6) is 0 Å². The summed E-state index contributed by atoms with van der Waals surface area (Å²) in [6.45, 7) is 5.71. The van der Waals surface area contributed by atoms with E-state index in [9.17, 15) is 4.79 Å². The van der Waals surface area contributed by atoms with Crippen molar-refractivity contribution < 1.29 is 0 Å². The smallest absolute Gasteiger partial charge is 0.276 e. The number of aryl methyl sites for hydroxylation is 1. The van der Waals surface area contributed by atoms with Gasteiger partial charge >= 0.3 is 0 Å². The molecule has 0 aliphatic rings. The molecule has 0 spiro atoms. The Morgan fingerprint density at radius 1 is 1.56 bits per heavy atom. The lowest BCUT2D eigenvalue weighted by atomic mass is 10.2. The van der Waals surface area contributed by atoms with Crippen molar-refractivity contribution in [1.29, 1.82) is 5.26 Å². The summed E-state index contributed by atoms with van der Waals surface area (Å²) in [5, 5.41) is 11.8. The predicted molar refractivity (Wildman–Crippen MR) is 59.4 cm³/mol.